The summed E-state index contributed by atoms with van der Waals surface area (Å²) in [5.74, 6) is 0.758. The van der Waals surface area contributed by atoms with Crippen molar-refractivity contribution in [2.45, 2.75) is 26.9 Å². The van der Waals surface area contributed by atoms with E-state index >= 15 is 0 Å². The van der Waals surface area contributed by atoms with Crippen LogP contribution in [0.25, 0.3) is 10.9 Å². The predicted molar refractivity (Wildman–Crippen MR) is 135 cm³/mol. The first-order chi connectivity index (χ1) is 15.5. The van der Waals surface area contributed by atoms with Gasteiger partial charge in [-0.1, -0.05) is 44.2 Å². The second-order valence-corrected chi connectivity index (χ2v) is 8.06. The van der Waals surface area contributed by atoms with E-state index in [0.29, 0.717) is 23.8 Å². The minimum Gasteiger partial charge on any atom is -0.497 e. The number of hydrogen-bond donors (Lipinski definition) is 2. The molecule has 0 atom stereocenters. The summed E-state index contributed by atoms with van der Waals surface area (Å²) in [7, 11) is 1.64. The molecule has 6 nitrogen and oxygen atoms in total. The van der Waals surface area contributed by atoms with Crippen molar-refractivity contribution in [3.63, 3.8) is 0 Å². The number of nitrogens with one attached hydrogen (secondary N) is 2. The molecule has 3 rings (SSSR count). The van der Waals surface area contributed by atoms with Crippen molar-refractivity contribution in [2.24, 2.45) is 0 Å². The number of H-pyrrole nitrogens is 1. The number of pyridine rings is 1. The zero-order valence-corrected chi connectivity index (χ0v) is 19.9. The van der Waals surface area contributed by atoms with Crippen LogP contribution in [0.4, 0.5) is 0 Å². The van der Waals surface area contributed by atoms with E-state index in [2.05, 4.69) is 46.1 Å². The van der Waals surface area contributed by atoms with Crippen LogP contribution in [0.15, 0.2) is 59.4 Å². The normalized spacial score (nSPS) is 11.0. The maximum Gasteiger partial charge on any atom is 0.253 e. The first-order valence-corrected chi connectivity index (χ1v) is 11.4. The van der Waals surface area contributed by atoms with Crippen molar-refractivity contribution in [3.05, 3.63) is 76.1 Å². The molecule has 0 bridgehead atoms. The van der Waals surface area contributed by atoms with Crippen LogP contribution in [0.2, 0.25) is 0 Å². The zero-order chi connectivity index (χ0) is 22.9. The van der Waals surface area contributed by atoms with Crippen molar-refractivity contribution in [3.8, 4) is 5.75 Å². The van der Waals surface area contributed by atoms with Gasteiger partial charge < -0.3 is 24.8 Å². The Morgan fingerprint density at radius 3 is 2.50 bits per heavy atom. The van der Waals surface area contributed by atoms with Gasteiger partial charge in [0.25, 0.3) is 5.56 Å². The lowest BCUT2D eigenvalue weighted by atomic mass is 10.1. The molecular formula is C25H32N4O2S. The maximum atomic E-state index is 12.8. The van der Waals surface area contributed by atoms with Crippen molar-refractivity contribution >= 4 is 28.2 Å². The van der Waals surface area contributed by atoms with Gasteiger partial charge in [0.2, 0.25) is 0 Å². The first kappa shape index (κ1) is 23.8. The number of ether oxygens (including phenoxy) is 1. The molecule has 0 fully saturated rings. The van der Waals surface area contributed by atoms with Crippen molar-refractivity contribution in [1.29, 1.82) is 0 Å². The standard InChI is InChI=1S/C25H32N4O2S/c1-4-28(5-2)13-14-29(25(32)26-17-19-9-7-6-8-10-19)18-21-15-20-16-22(31-3)11-12-23(20)27-24(21)30/h6-12,15-16H,4-5,13-14,17-18H2,1-3H3,(H,26,32)(H,27,30). The number of thiocarbonyl (C=S) groups is 1. The van der Waals surface area contributed by atoms with Gasteiger partial charge in [-0.3, -0.25) is 4.79 Å². The fraction of sp³-hybridized carbons (Fsp3) is 0.360. The number of nitrogens with zero attached hydrogens (tertiary/aromatic N) is 2. The van der Waals surface area contributed by atoms with E-state index in [0.717, 1.165) is 48.4 Å². The largest absolute Gasteiger partial charge is 0.497 e. The fourth-order valence-electron chi connectivity index (χ4n) is 3.62. The number of benzene rings is 2. The molecule has 1 aromatic heterocycles. The summed E-state index contributed by atoms with van der Waals surface area (Å²) < 4.78 is 5.34. The van der Waals surface area contributed by atoms with Gasteiger partial charge >= 0.3 is 0 Å². The highest BCUT2D eigenvalue weighted by Gasteiger charge is 2.15. The lowest BCUT2D eigenvalue weighted by Crippen LogP contribution is -2.44. The highest BCUT2D eigenvalue weighted by Crippen LogP contribution is 2.19. The van der Waals surface area contributed by atoms with Gasteiger partial charge in [0, 0.05) is 36.1 Å². The van der Waals surface area contributed by atoms with Crippen LogP contribution in [-0.4, -0.2) is 53.2 Å². The lowest BCUT2D eigenvalue weighted by molar-refractivity contribution is 0.263. The monoisotopic (exact) mass is 452 g/mol. The van der Waals surface area contributed by atoms with Crippen LogP contribution in [0.5, 0.6) is 5.75 Å². The van der Waals surface area contributed by atoms with E-state index in [1.54, 1.807) is 7.11 Å². The van der Waals surface area contributed by atoms with E-state index in [1.165, 1.54) is 0 Å². The van der Waals surface area contributed by atoms with Crippen LogP contribution in [0.3, 0.4) is 0 Å². The number of likely N-dealkylation sites (N-methyl/N-ethyl adjacent to an activating group) is 1. The first-order valence-electron chi connectivity index (χ1n) is 11.0. The average Bonchev–Trinajstić information content (AvgIpc) is 2.83. The van der Waals surface area contributed by atoms with Crippen LogP contribution in [0.1, 0.15) is 25.0 Å². The number of hydrogen-bond acceptors (Lipinski definition) is 4. The molecule has 0 spiro atoms. The van der Waals surface area contributed by atoms with Gasteiger partial charge in [0.1, 0.15) is 5.75 Å². The Morgan fingerprint density at radius 2 is 1.81 bits per heavy atom. The Balaban J connectivity index is 1.81. The molecule has 0 aliphatic rings. The van der Waals surface area contributed by atoms with Crippen molar-refractivity contribution < 1.29 is 4.74 Å². The highest BCUT2D eigenvalue weighted by molar-refractivity contribution is 7.80. The van der Waals surface area contributed by atoms with Gasteiger partial charge in [-0.15, -0.1) is 0 Å². The lowest BCUT2D eigenvalue weighted by Gasteiger charge is -2.29. The molecule has 0 radical (unpaired) electrons. The molecule has 0 saturated carbocycles. The Bertz CT molecular complexity index is 1080. The number of aromatic nitrogens is 1. The molecule has 1 heterocycles. The van der Waals surface area contributed by atoms with Crippen molar-refractivity contribution in [2.75, 3.05) is 33.3 Å². The number of rotatable bonds is 10. The second-order valence-electron chi connectivity index (χ2n) is 7.67. The molecule has 2 N–H and O–H groups in total. The highest BCUT2D eigenvalue weighted by atomic mass is 32.1. The molecule has 7 heteroatoms. The molecular weight excluding hydrogens is 420 g/mol. The fourth-order valence-corrected chi connectivity index (χ4v) is 3.85. The van der Waals surface area contributed by atoms with E-state index in [1.807, 2.05) is 42.5 Å². The van der Waals surface area contributed by atoms with Gasteiger partial charge in [0.15, 0.2) is 5.11 Å². The Morgan fingerprint density at radius 1 is 1.06 bits per heavy atom. The number of aromatic amines is 1. The predicted octanol–water partition coefficient (Wildman–Crippen LogP) is 3.76. The summed E-state index contributed by atoms with van der Waals surface area (Å²) in [6, 6.07) is 17.7. The van der Waals surface area contributed by atoms with Gasteiger partial charge in [0.05, 0.1) is 13.7 Å². The number of methoxy groups -OCH3 is 1. The van der Waals surface area contributed by atoms with Gasteiger partial charge in [-0.2, -0.15) is 0 Å². The molecule has 0 aliphatic carbocycles. The summed E-state index contributed by atoms with van der Waals surface area (Å²) in [4.78, 5) is 20.2. The molecule has 170 valence electrons. The third-order valence-corrected chi connectivity index (χ3v) is 6.05. The molecule has 0 unspecified atom stereocenters. The summed E-state index contributed by atoms with van der Waals surface area (Å²) in [6.07, 6.45) is 0. The van der Waals surface area contributed by atoms with Gasteiger partial charge in [-0.05, 0) is 55.1 Å². The Kier molecular flexibility index (Phi) is 8.64. The van der Waals surface area contributed by atoms with E-state index in [9.17, 15) is 4.79 Å². The minimum atomic E-state index is -0.0960. The Labute approximate surface area is 195 Å². The van der Waals surface area contributed by atoms with Crippen LogP contribution < -0.4 is 15.6 Å². The summed E-state index contributed by atoms with van der Waals surface area (Å²) in [5, 5.41) is 4.94. The maximum absolute atomic E-state index is 12.8. The third kappa shape index (κ3) is 6.31. The second kappa shape index (κ2) is 11.6. The smallest absolute Gasteiger partial charge is 0.253 e. The minimum absolute atomic E-state index is 0.0960. The molecule has 2 aromatic carbocycles. The van der Waals surface area contributed by atoms with Gasteiger partial charge in [-0.25, -0.2) is 0 Å². The summed E-state index contributed by atoms with van der Waals surface area (Å²) in [5.41, 5.74) is 2.53. The molecule has 32 heavy (non-hydrogen) atoms. The topological polar surface area (TPSA) is 60.6 Å². The molecule has 0 saturated heterocycles. The Hall–Kier alpha value is -2.90. The molecule has 0 aliphatic heterocycles. The molecule has 3 aromatic rings. The van der Waals surface area contributed by atoms with Crippen LogP contribution in [0, 0.1) is 0 Å². The third-order valence-electron chi connectivity index (χ3n) is 5.64. The van der Waals surface area contributed by atoms with Crippen LogP contribution in [-0.2, 0) is 13.1 Å². The van der Waals surface area contributed by atoms with Crippen LogP contribution >= 0.6 is 12.2 Å². The van der Waals surface area contributed by atoms with E-state index in [4.69, 9.17) is 17.0 Å². The van der Waals surface area contributed by atoms with E-state index < -0.39 is 0 Å². The number of fused-ring (bicyclic) bond motifs is 1. The summed E-state index contributed by atoms with van der Waals surface area (Å²) in [6.45, 7) is 8.95. The van der Waals surface area contributed by atoms with Crippen molar-refractivity contribution in [1.82, 2.24) is 20.1 Å². The quantitative estimate of drug-likeness (QED) is 0.457. The zero-order valence-electron chi connectivity index (χ0n) is 19.1. The average molecular weight is 453 g/mol. The SMILES string of the molecule is CCN(CC)CCN(Cc1cc2cc(OC)ccc2[nH]c1=O)C(=S)NCc1ccccc1. The molecule has 0 amide bonds. The van der Waals surface area contributed by atoms with E-state index in [-0.39, 0.29) is 5.56 Å². The summed E-state index contributed by atoms with van der Waals surface area (Å²) >= 11 is 5.74.